The Balaban J connectivity index is 1.76. The number of ether oxygens (including phenoxy) is 1. The second-order valence-electron chi connectivity index (χ2n) is 5.93. The molecule has 0 aromatic carbocycles. The van der Waals surface area contributed by atoms with Gasteiger partial charge in [-0.2, -0.15) is 0 Å². The highest BCUT2D eigenvalue weighted by Crippen LogP contribution is 2.34. The lowest BCUT2D eigenvalue weighted by Gasteiger charge is -2.40. The molecule has 0 radical (unpaired) electrons. The number of nitrogens with zero attached hydrogens (tertiary/aromatic N) is 1. The normalized spacial score (nSPS) is 36.7. The van der Waals surface area contributed by atoms with E-state index in [1.54, 1.807) is 0 Å². The summed E-state index contributed by atoms with van der Waals surface area (Å²) in [5, 5.41) is 9.31. The van der Waals surface area contributed by atoms with E-state index in [4.69, 9.17) is 4.74 Å². The largest absolute Gasteiger partial charge is 0.481 e. The van der Waals surface area contributed by atoms with E-state index >= 15 is 0 Å². The fourth-order valence-corrected chi connectivity index (χ4v) is 3.77. The smallest absolute Gasteiger partial charge is 0.307 e. The number of carboxylic acids is 1. The van der Waals surface area contributed by atoms with Gasteiger partial charge in [-0.25, -0.2) is 0 Å². The Morgan fingerprint density at radius 2 is 1.90 bits per heavy atom. The number of rotatable bonds is 2. The Labute approximate surface area is 118 Å². The molecule has 3 rings (SSSR count). The first kappa shape index (κ1) is 13.6. The maximum atomic E-state index is 12.8. The summed E-state index contributed by atoms with van der Waals surface area (Å²) < 4.78 is 5.72. The third-order valence-corrected chi connectivity index (χ3v) is 4.83. The van der Waals surface area contributed by atoms with Crippen molar-refractivity contribution in [1.29, 1.82) is 0 Å². The summed E-state index contributed by atoms with van der Waals surface area (Å²) in [6.07, 6.45) is 8.07. The first-order chi connectivity index (χ1) is 9.68. The predicted octanol–water partition coefficient (Wildman–Crippen LogP) is 1.43. The number of morpholine rings is 1. The molecule has 110 valence electrons. The highest BCUT2D eigenvalue weighted by atomic mass is 16.5. The molecule has 5 nitrogen and oxygen atoms in total. The third-order valence-electron chi connectivity index (χ3n) is 4.83. The van der Waals surface area contributed by atoms with Crippen molar-refractivity contribution in [3.05, 3.63) is 12.2 Å². The summed E-state index contributed by atoms with van der Waals surface area (Å²) in [4.78, 5) is 26.0. The fourth-order valence-electron chi connectivity index (χ4n) is 3.77. The van der Waals surface area contributed by atoms with Gasteiger partial charge in [-0.1, -0.05) is 12.2 Å². The number of amides is 1. The molecule has 1 heterocycles. The third kappa shape index (κ3) is 2.35. The number of hydrogen-bond acceptors (Lipinski definition) is 3. The van der Waals surface area contributed by atoms with E-state index in [-0.39, 0.29) is 18.1 Å². The van der Waals surface area contributed by atoms with E-state index in [9.17, 15) is 14.7 Å². The van der Waals surface area contributed by atoms with Crippen LogP contribution in [0.3, 0.4) is 0 Å². The number of carbonyl (C=O) groups excluding carboxylic acids is 1. The lowest BCUT2D eigenvalue weighted by atomic mass is 9.81. The van der Waals surface area contributed by atoms with Gasteiger partial charge in [0.05, 0.1) is 30.6 Å². The standard InChI is InChI=1S/C15H21NO4/c17-14(10-4-1-2-5-11(10)15(18)19)16-8-9-20-13-7-3-6-12(13)16/h1-2,10-13H,3-9H2,(H,18,19). The molecule has 3 aliphatic rings. The molecule has 1 N–H and O–H groups in total. The summed E-state index contributed by atoms with van der Waals surface area (Å²) in [5.41, 5.74) is 0. The van der Waals surface area contributed by atoms with Crippen LogP contribution in [0.25, 0.3) is 0 Å². The minimum absolute atomic E-state index is 0.0157. The lowest BCUT2D eigenvalue weighted by molar-refractivity contribution is -0.157. The number of allylic oxidation sites excluding steroid dienone is 2. The van der Waals surface area contributed by atoms with E-state index in [0.717, 1.165) is 19.3 Å². The average molecular weight is 279 g/mol. The molecule has 0 aromatic heterocycles. The van der Waals surface area contributed by atoms with Crippen LogP contribution in [-0.4, -0.2) is 47.2 Å². The van der Waals surface area contributed by atoms with Crippen molar-refractivity contribution in [2.24, 2.45) is 11.8 Å². The van der Waals surface area contributed by atoms with Gasteiger partial charge < -0.3 is 14.7 Å². The molecular formula is C15H21NO4. The summed E-state index contributed by atoms with van der Waals surface area (Å²) >= 11 is 0. The van der Waals surface area contributed by atoms with Crippen molar-refractivity contribution in [3.63, 3.8) is 0 Å². The number of carbonyl (C=O) groups is 2. The molecule has 0 bridgehead atoms. The first-order valence-corrected chi connectivity index (χ1v) is 7.48. The quantitative estimate of drug-likeness (QED) is 0.777. The van der Waals surface area contributed by atoms with Crippen LogP contribution >= 0.6 is 0 Å². The van der Waals surface area contributed by atoms with Gasteiger partial charge in [-0.05, 0) is 32.1 Å². The molecule has 1 amide bonds. The molecule has 5 heteroatoms. The summed E-state index contributed by atoms with van der Waals surface area (Å²) in [7, 11) is 0. The SMILES string of the molecule is O=C(O)C1CC=CCC1C(=O)N1CCOC2CCCC21. The summed E-state index contributed by atoms with van der Waals surface area (Å²) in [6.45, 7) is 1.18. The maximum absolute atomic E-state index is 12.8. The van der Waals surface area contributed by atoms with Crippen molar-refractivity contribution in [2.75, 3.05) is 13.2 Å². The molecular weight excluding hydrogens is 258 g/mol. The molecule has 1 saturated heterocycles. The Hall–Kier alpha value is -1.36. The molecule has 2 fully saturated rings. The number of hydrogen-bond donors (Lipinski definition) is 1. The molecule has 0 spiro atoms. The van der Waals surface area contributed by atoms with E-state index in [1.807, 2.05) is 17.1 Å². The highest BCUT2D eigenvalue weighted by molar-refractivity contribution is 5.85. The molecule has 1 aliphatic heterocycles. The van der Waals surface area contributed by atoms with E-state index in [0.29, 0.717) is 26.0 Å². The van der Waals surface area contributed by atoms with Gasteiger partial charge in [-0.15, -0.1) is 0 Å². The fraction of sp³-hybridized carbons (Fsp3) is 0.733. The Morgan fingerprint density at radius 3 is 2.65 bits per heavy atom. The van der Waals surface area contributed by atoms with E-state index in [2.05, 4.69) is 0 Å². The van der Waals surface area contributed by atoms with Gasteiger partial charge >= 0.3 is 5.97 Å². The zero-order valence-electron chi connectivity index (χ0n) is 11.5. The van der Waals surface area contributed by atoms with Gasteiger partial charge in [0.2, 0.25) is 5.91 Å². The van der Waals surface area contributed by atoms with Gasteiger partial charge in [0.25, 0.3) is 0 Å². The van der Waals surface area contributed by atoms with E-state index in [1.165, 1.54) is 0 Å². The zero-order chi connectivity index (χ0) is 14.1. The minimum Gasteiger partial charge on any atom is -0.481 e. The minimum atomic E-state index is -0.857. The van der Waals surface area contributed by atoms with Crippen LogP contribution in [0, 0.1) is 11.8 Å². The van der Waals surface area contributed by atoms with Crippen LogP contribution in [0.15, 0.2) is 12.2 Å². The predicted molar refractivity (Wildman–Crippen MR) is 72.1 cm³/mol. The maximum Gasteiger partial charge on any atom is 0.307 e. The summed E-state index contributed by atoms with van der Waals surface area (Å²) in [6, 6.07) is 0.164. The first-order valence-electron chi connectivity index (χ1n) is 7.48. The summed E-state index contributed by atoms with van der Waals surface area (Å²) in [5.74, 6) is -1.82. The van der Waals surface area contributed by atoms with Gasteiger partial charge in [0.15, 0.2) is 0 Å². The van der Waals surface area contributed by atoms with Crippen molar-refractivity contribution >= 4 is 11.9 Å². The topological polar surface area (TPSA) is 66.8 Å². The monoisotopic (exact) mass is 279 g/mol. The van der Waals surface area contributed by atoms with Crippen LogP contribution in [0.4, 0.5) is 0 Å². The van der Waals surface area contributed by atoms with Crippen LogP contribution in [0.1, 0.15) is 32.1 Å². The van der Waals surface area contributed by atoms with Crippen molar-refractivity contribution in [1.82, 2.24) is 4.90 Å². The molecule has 0 aromatic rings. The Bertz CT molecular complexity index is 434. The van der Waals surface area contributed by atoms with Gasteiger partial charge in [0.1, 0.15) is 0 Å². The second-order valence-corrected chi connectivity index (χ2v) is 5.93. The van der Waals surface area contributed by atoms with Crippen molar-refractivity contribution in [2.45, 2.75) is 44.2 Å². The lowest BCUT2D eigenvalue weighted by Crippen LogP contribution is -2.54. The Kier molecular flexibility index (Phi) is 3.78. The number of fused-ring (bicyclic) bond motifs is 1. The molecule has 4 unspecified atom stereocenters. The van der Waals surface area contributed by atoms with Gasteiger partial charge in [-0.3, -0.25) is 9.59 Å². The van der Waals surface area contributed by atoms with Crippen LogP contribution in [-0.2, 0) is 14.3 Å². The number of carboxylic acid groups (broad SMARTS) is 1. The van der Waals surface area contributed by atoms with Crippen LogP contribution < -0.4 is 0 Å². The zero-order valence-corrected chi connectivity index (χ0v) is 11.5. The molecule has 2 aliphatic carbocycles. The molecule has 1 saturated carbocycles. The number of aliphatic carboxylic acids is 1. The Morgan fingerprint density at radius 1 is 1.15 bits per heavy atom. The molecule has 20 heavy (non-hydrogen) atoms. The van der Waals surface area contributed by atoms with E-state index < -0.39 is 17.8 Å². The molecule has 4 atom stereocenters. The van der Waals surface area contributed by atoms with Crippen LogP contribution in [0.2, 0.25) is 0 Å². The van der Waals surface area contributed by atoms with Crippen LogP contribution in [0.5, 0.6) is 0 Å². The second kappa shape index (κ2) is 5.56. The van der Waals surface area contributed by atoms with Crippen molar-refractivity contribution < 1.29 is 19.4 Å². The highest BCUT2D eigenvalue weighted by Gasteiger charge is 2.43. The average Bonchev–Trinajstić information content (AvgIpc) is 2.94. The van der Waals surface area contributed by atoms with Gasteiger partial charge in [0, 0.05) is 6.54 Å². The van der Waals surface area contributed by atoms with Crippen molar-refractivity contribution in [3.8, 4) is 0 Å².